The number of hydrogen-bond acceptors (Lipinski definition) is 3. The molecule has 0 aliphatic carbocycles. The second kappa shape index (κ2) is 6.27. The number of halogens is 2. The van der Waals surface area contributed by atoms with Crippen LogP contribution >= 0.6 is 11.6 Å². The summed E-state index contributed by atoms with van der Waals surface area (Å²) in [6, 6.07) is 11.4. The monoisotopic (exact) mass is 290 g/mol. The van der Waals surface area contributed by atoms with Gasteiger partial charge in [-0.2, -0.15) is 5.26 Å². The third-order valence-electron chi connectivity index (χ3n) is 2.83. The number of rotatable bonds is 4. The molecule has 102 valence electrons. The minimum absolute atomic E-state index is 0.297. The number of nitrogens with one attached hydrogen (secondary N) is 1. The summed E-state index contributed by atoms with van der Waals surface area (Å²) < 4.78 is 18.4. The quantitative estimate of drug-likeness (QED) is 0.926. The fourth-order valence-corrected chi connectivity index (χ4v) is 2.02. The highest BCUT2D eigenvalue weighted by Crippen LogP contribution is 2.29. The van der Waals surface area contributed by atoms with Crippen LogP contribution in [0, 0.1) is 17.1 Å². The zero-order valence-electron chi connectivity index (χ0n) is 10.8. The Morgan fingerprint density at radius 1 is 1.35 bits per heavy atom. The molecule has 0 saturated heterocycles. The number of nitriles is 1. The van der Waals surface area contributed by atoms with Gasteiger partial charge in [-0.25, -0.2) is 4.39 Å². The average Bonchev–Trinajstić information content (AvgIpc) is 2.47. The van der Waals surface area contributed by atoms with Gasteiger partial charge in [0, 0.05) is 11.6 Å². The molecule has 0 atom stereocenters. The van der Waals surface area contributed by atoms with Crippen LogP contribution in [0.5, 0.6) is 5.75 Å². The van der Waals surface area contributed by atoms with Crippen LogP contribution in [0.15, 0.2) is 36.4 Å². The van der Waals surface area contributed by atoms with Gasteiger partial charge in [-0.05, 0) is 35.9 Å². The van der Waals surface area contributed by atoms with E-state index in [2.05, 4.69) is 11.4 Å². The van der Waals surface area contributed by atoms with E-state index in [0.29, 0.717) is 34.1 Å². The van der Waals surface area contributed by atoms with E-state index in [1.807, 2.05) is 0 Å². The molecule has 0 aromatic heterocycles. The lowest BCUT2D eigenvalue weighted by Crippen LogP contribution is -2.04. The highest BCUT2D eigenvalue weighted by molar-refractivity contribution is 6.31. The maximum Gasteiger partial charge on any atom is 0.143 e. The van der Waals surface area contributed by atoms with Crippen molar-refractivity contribution in [3.05, 3.63) is 58.4 Å². The molecule has 0 aliphatic rings. The molecule has 0 unspecified atom stereocenters. The maximum atomic E-state index is 13.2. The number of anilines is 1. The molecule has 0 aliphatic heterocycles. The molecule has 2 rings (SSSR count). The molecule has 0 heterocycles. The SMILES string of the molecule is COc1cccc(C#N)c1NCc1cc(F)ccc1Cl. The van der Waals surface area contributed by atoms with Gasteiger partial charge < -0.3 is 10.1 Å². The number of ether oxygens (including phenoxy) is 1. The Hall–Kier alpha value is -2.25. The molecule has 1 N–H and O–H groups in total. The van der Waals surface area contributed by atoms with Crippen LogP contribution in [-0.4, -0.2) is 7.11 Å². The Morgan fingerprint density at radius 3 is 2.85 bits per heavy atom. The second-order valence-corrected chi connectivity index (χ2v) is 4.49. The number of nitrogens with zero attached hydrogens (tertiary/aromatic N) is 1. The first-order chi connectivity index (χ1) is 9.65. The van der Waals surface area contributed by atoms with Crippen molar-refractivity contribution >= 4 is 17.3 Å². The van der Waals surface area contributed by atoms with E-state index in [1.165, 1.54) is 25.3 Å². The van der Waals surface area contributed by atoms with Crippen molar-refractivity contribution in [2.45, 2.75) is 6.54 Å². The van der Waals surface area contributed by atoms with E-state index >= 15 is 0 Å². The van der Waals surface area contributed by atoms with Crippen molar-refractivity contribution in [1.29, 1.82) is 5.26 Å². The topological polar surface area (TPSA) is 45.0 Å². The minimum Gasteiger partial charge on any atom is -0.495 e. The van der Waals surface area contributed by atoms with Crippen molar-refractivity contribution in [1.82, 2.24) is 0 Å². The first-order valence-electron chi connectivity index (χ1n) is 5.90. The van der Waals surface area contributed by atoms with Crippen molar-refractivity contribution in [3.8, 4) is 11.8 Å². The molecule has 0 saturated carbocycles. The van der Waals surface area contributed by atoms with Crippen LogP contribution in [0.2, 0.25) is 5.02 Å². The van der Waals surface area contributed by atoms with Gasteiger partial charge in [-0.3, -0.25) is 0 Å². The van der Waals surface area contributed by atoms with Gasteiger partial charge >= 0.3 is 0 Å². The van der Waals surface area contributed by atoms with E-state index < -0.39 is 0 Å². The Balaban J connectivity index is 2.27. The number of benzene rings is 2. The van der Waals surface area contributed by atoms with Gasteiger partial charge in [-0.1, -0.05) is 17.7 Å². The lowest BCUT2D eigenvalue weighted by atomic mass is 10.1. The van der Waals surface area contributed by atoms with Crippen molar-refractivity contribution in [2.75, 3.05) is 12.4 Å². The zero-order chi connectivity index (χ0) is 14.5. The molecule has 2 aromatic rings. The van der Waals surface area contributed by atoms with Crippen molar-refractivity contribution in [3.63, 3.8) is 0 Å². The fourth-order valence-electron chi connectivity index (χ4n) is 1.84. The molecule has 0 spiro atoms. The van der Waals surface area contributed by atoms with Crippen LogP contribution in [-0.2, 0) is 6.54 Å². The van der Waals surface area contributed by atoms with E-state index in [1.54, 1.807) is 18.2 Å². The summed E-state index contributed by atoms with van der Waals surface area (Å²) in [6.45, 7) is 0.297. The van der Waals surface area contributed by atoms with Crippen LogP contribution < -0.4 is 10.1 Å². The van der Waals surface area contributed by atoms with E-state index in [-0.39, 0.29) is 5.82 Å². The normalized spacial score (nSPS) is 9.90. The predicted octanol–water partition coefficient (Wildman–Crippen LogP) is 3.97. The van der Waals surface area contributed by atoms with Gasteiger partial charge in [0.15, 0.2) is 0 Å². The molecular weight excluding hydrogens is 279 g/mol. The summed E-state index contributed by atoms with van der Waals surface area (Å²) in [4.78, 5) is 0. The Morgan fingerprint density at radius 2 is 2.15 bits per heavy atom. The molecule has 20 heavy (non-hydrogen) atoms. The van der Waals surface area contributed by atoms with E-state index in [0.717, 1.165) is 0 Å². The van der Waals surface area contributed by atoms with Gasteiger partial charge in [0.25, 0.3) is 0 Å². The van der Waals surface area contributed by atoms with Crippen LogP contribution in [0.4, 0.5) is 10.1 Å². The third-order valence-corrected chi connectivity index (χ3v) is 3.20. The summed E-state index contributed by atoms with van der Waals surface area (Å²) in [5.74, 6) is 0.198. The van der Waals surface area contributed by atoms with Crippen LogP contribution in [0.25, 0.3) is 0 Å². The molecule has 0 bridgehead atoms. The molecular formula is C15H12ClFN2O. The number of para-hydroxylation sites is 1. The van der Waals surface area contributed by atoms with Crippen LogP contribution in [0.3, 0.4) is 0 Å². The smallest absolute Gasteiger partial charge is 0.143 e. The first-order valence-corrected chi connectivity index (χ1v) is 6.28. The summed E-state index contributed by atoms with van der Waals surface area (Å²) in [6.07, 6.45) is 0. The Labute approximate surface area is 121 Å². The fraction of sp³-hybridized carbons (Fsp3) is 0.133. The third kappa shape index (κ3) is 3.01. The van der Waals surface area contributed by atoms with Crippen molar-refractivity contribution < 1.29 is 9.13 Å². The van der Waals surface area contributed by atoms with Gasteiger partial charge in [0.1, 0.15) is 17.6 Å². The van der Waals surface area contributed by atoms with E-state index in [4.69, 9.17) is 21.6 Å². The molecule has 0 amide bonds. The second-order valence-electron chi connectivity index (χ2n) is 4.08. The lowest BCUT2D eigenvalue weighted by Gasteiger charge is -2.13. The van der Waals surface area contributed by atoms with Gasteiger partial charge in [0.05, 0.1) is 18.4 Å². The first kappa shape index (κ1) is 14.2. The largest absolute Gasteiger partial charge is 0.495 e. The molecule has 0 radical (unpaired) electrons. The standard InChI is InChI=1S/C15H12ClFN2O/c1-20-14-4-2-3-10(8-18)15(14)19-9-11-7-12(17)5-6-13(11)16/h2-7,19H,9H2,1H3. The number of hydrogen-bond donors (Lipinski definition) is 1. The van der Waals surface area contributed by atoms with Gasteiger partial charge in [-0.15, -0.1) is 0 Å². The lowest BCUT2D eigenvalue weighted by molar-refractivity contribution is 0.416. The van der Waals surface area contributed by atoms with Crippen molar-refractivity contribution in [2.24, 2.45) is 0 Å². The summed E-state index contributed by atoms with van der Waals surface area (Å²) >= 11 is 6.01. The Bertz CT molecular complexity index is 667. The molecule has 0 fully saturated rings. The summed E-state index contributed by atoms with van der Waals surface area (Å²) in [7, 11) is 1.52. The number of methoxy groups -OCH3 is 1. The highest BCUT2D eigenvalue weighted by Gasteiger charge is 2.09. The van der Waals surface area contributed by atoms with E-state index in [9.17, 15) is 4.39 Å². The van der Waals surface area contributed by atoms with Crippen LogP contribution in [0.1, 0.15) is 11.1 Å². The predicted molar refractivity (Wildman–Crippen MR) is 76.4 cm³/mol. The Kier molecular flexibility index (Phi) is 4.44. The molecule has 5 heteroatoms. The molecule has 2 aromatic carbocycles. The molecule has 3 nitrogen and oxygen atoms in total. The minimum atomic E-state index is -0.355. The highest BCUT2D eigenvalue weighted by atomic mass is 35.5. The van der Waals surface area contributed by atoms with Gasteiger partial charge in [0.2, 0.25) is 0 Å². The summed E-state index contributed by atoms with van der Waals surface area (Å²) in [5.41, 5.74) is 1.64. The maximum absolute atomic E-state index is 13.2. The zero-order valence-corrected chi connectivity index (χ0v) is 11.5. The summed E-state index contributed by atoms with van der Waals surface area (Å²) in [5, 5.41) is 12.6. The average molecular weight is 291 g/mol.